The van der Waals surface area contributed by atoms with Crippen LogP contribution >= 0.6 is 11.3 Å². The predicted molar refractivity (Wildman–Crippen MR) is 107 cm³/mol. The summed E-state index contributed by atoms with van der Waals surface area (Å²) in [6.45, 7) is 4.59. The lowest BCUT2D eigenvalue weighted by atomic mass is 9.95. The van der Waals surface area contributed by atoms with E-state index in [2.05, 4.69) is 20.6 Å². The molecule has 7 nitrogen and oxygen atoms in total. The Hall–Kier alpha value is -2.71. The van der Waals surface area contributed by atoms with E-state index in [9.17, 15) is 9.59 Å². The Labute approximate surface area is 166 Å². The Balaban J connectivity index is 1.34. The lowest BCUT2D eigenvalue weighted by molar-refractivity contribution is -0.121. The highest BCUT2D eigenvalue weighted by atomic mass is 32.1. The summed E-state index contributed by atoms with van der Waals surface area (Å²) in [5.74, 6) is -1.24. The number of piperidine rings is 1. The van der Waals surface area contributed by atoms with Crippen LogP contribution in [-0.2, 0) is 11.3 Å². The molecule has 0 saturated carbocycles. The first-order chi connectivity index (χ1) is 13.5. The van der Waals surface area contributed by atoms with Gasteiger partial charge in [-0.25, -0.2) is 9.78 Å². The van der Waals surface area contributed by atoms with E-state index in [1.165, 1.54) is 6.07 Å². The van der Waals surface area contributed by atoms with Crippen LogP contribution in [0.3, 0.4) is 0 Å². The number of carbonyl (C=O) groups excluding carboxylic acids is 1. The van der Waals surface area contributed by atoms with Gasteiger partial charge in [0.15, 0.2) is 0 Å². The molecule has 2 aromatic heterocycles. The van der Waals surface area contributed by atoms with Crippen molar-refractivity contribution in [3.05, 3.63) is 46.1 Å². The molecule has 4 rings (SSSR count). The molecule has 3 heterocycles. The maximum Gasteiger partial charge on any atom is 0.371 e. The van der Waals surface area contributed by atoms with Crippen molar-refractivity contribution in [2.24, 2.45) is 5.92 Å². The summed E-state index contributed by atoms with van der Waals surface area (Å²) < 4.78 is 5.25. The average molecular weight is 399 g/mol. The van der Waals surface area contributed by atoms with Crippen molar-refractivity contribution in [2.45, 2.75) is 26.3 Å². The van der Waals surface area contributed by atoms with Crippen molar-refractivity contribution in [3.63, 3.8) is 0 Å². The zero-order chi connectivity index (χ0) is 19.7. The van der Waals surface area contributed by atoms with E-state index in [4.69, 9.17) is 9.52 Å². The number of hydrogen-bond donors (Lipinski definition) is 2. The van der Waals surface area contributed by atoms with Gasteiger partial charge in [-0.05, 0) is 57.1 Å². The molecule has 1 amide bonds. The lowest BCUT2D eigenvalue weighted by Gasteiger charge is -2.30. The Morgan fingerprint density at radius 3 is 2.79 bits per heavy atom. The van der Waals surface area contributed by atoms with Crippen LogP contribution in [0.2, 0.25) is 0 Å². The van der Waals surface area contributed by atoms with Gasteiger partial charge in [0.05, 0.1) is 10.7 Å². The minimum Gasteiger partial charge on any atom is -0.475 e. The highest BCUT2D eigenvalue weighted by Gasteiger charge is 2.25. The van der Waals surface area contributed by atoms with Gasteiger partial charge < -0.3 is 14.8 Å². The quantitative estimate of drug-likeness (QED) is 0.678. The molecule has 1 saturated heterocycles. The second-order valence-corrected chi connectivity index (χ2v) is 8.13. The number of carbonyl (C=O) groups is 2. The van der Waals surface area contributed by atoms with Crippen LogP contribution in [0.1, 0.15) is 34.1 Å². The Morgan fingerprint density at radius 2 is 2.11 bits per heavy atom. The Kier molecular flexibility index (Phi) is 5.15. The number of aryl methyl sites for hydroxylation is 1. The molecular weight excluding hydrogens is 378 g/mol. The van der Waals surface area contributed by atoms with Gasteiger partial charge in [-0.3, -0.25) is 9.69 Å². The molecule has 1 aliphatic rings. The van der Waals surface area contributed by atoms with Crippen molar-refractivity contribution in [1.82, 2.24) is 9.88 Å². The smallest absolute Gasteiger partial charge is 0.371 e. The first-order valence-electron chi connectivity index (χ1n) is 9.19. The monoisotopic (exact) mass is 399 g/mol. The third-order valence-electron chi connectivity index (χ3n) is 5.01. The number of nitrogens with one attached hydrogen (secondary N) is 1. The molecule has 0 radical (unpaired) electrons. The van der Waals surface area contributed by atoms with Gasteiger partial charge in [-0.2, -0.15) is 0 Å². The van der Waals surface area contributed by atoms with Crippen LogP contribution in [-0.4, -0.2) is 40.0 Å². The number of rotatable bonds is 5. The Morgan fingerprint density at radius 1 is 1.32 bits per heavy atom. The van der Waals surface area contributed by atoms with Crippen LogP contribution in [0.25, 0.3) is 11.0 Å². The molecule has 0 bridgehead atoms. The molecule has 8 heteroatoms. The largest absolute Gasteiger partial charge is 0.475 e. The number of benzene rings is 1. The number of thiazole rings is 1. The third-order valence-corrected chi connectivity index (χ3v) is 5.83. The molecule has 1 aliphatic heterocycles. The molecule has 0 spiro atoms. The summed E-state index contributed by atoms with van der Waals surface area (Å²) >= 11 is 1.66. The van der Waals surface area contributed by atoms with Crippen molar-refractivity contribution in [2.75, 3.05) is 18.4 Å². The molecule has 1 fully saturated rings. The van der Waals surface area contributed by atoms with Gasteiger partial charge >= 0.3 is 5.97 Å². The van der Waals surface area contributed by atoms with Gasteiger partial charge in [0.1, 0.15) is 5.58 Å². The van der Waals surface area contributed by atoms with E-state index < -0.39 is 5.97 Å². The average Bonchev–Trinajstić information content (AvgIpc) is 3.28. The van der Waals surface area contributed by atoms with Crippen LogP contribution < -0.4 is 5.32 Å². The summed E-state index contributed by atoms with van der Waals surface area (Å²) in [4.78, 5) is 30.5. The fraction of sp³-hybridized carbons (Fsp3) is 0.350. The van der Waals surface area contributed by atoms with E-state index in [-0.39, 0.29) is 17.6 Å². The predicted octanol–water partition coefficient (Wildman–Crippen LogP) is 3.75. The fourth-order valence-electron chi connectivity index (χ4n) is 3.53. The molecule has 0 unspecified atom stereocenters. The van der Waals surface area contributed by atoms with Gasteiger partial charge in [-0.15, -0.1) is 11.3 Å². The lowest BCUT2D eigenvalue weighted by Crippen LogP contribution is -2.37. The van der Waals surface area contributed by atoms with Gasteiger partial charge in [-0.1, -0.05) is 0 Å². The number of nitrogens with zero attached hydrogens (tertiary/aromatic N) is 2. The molecular formula is C20H21N3O4S. The van der Waals surface area contributed by atoms with Crippen molar-refractivity contribution in [1.29, 1.82) is 0 Å². The normalized spacial score (nSPS) is 15.8. The van der Waals surface area contributed by atoms with Crippen LogP contribution in [0.5, 0.6) is 0 Å². The van der Waals surface area contributed by atoms with Gasteiger partial charge in [0.2, 0.25) is 11.7 Å². The van der Waals surface area contributed by atoms with E-state index in [1.54, 1.807) is 29.5 Å². The second kappa shape index (κ2) is 7.73. The van der Waals surface area contributed by atoms with E-state index in [0.29, 0.717) is 16.7 Å². The number of aromatic carboxylic acids is 1. The molecule has 0 aliphatic carbocycles. The second-order valence-electron chi connectivity index (χ2n) is 7.07. The molecule has 3 aromatic rings. The summed E-state index contributed by atoms with van der Waals surface area (Å²) in [7, 11) is 0. The van der Waals surface area contributed by atoms with Gasteiger partial charge in [0, 0.05) is 28.9 Å². The summed E-state index contributed by atoms with van der Waals surface area (Å²) in [6, 6.07) is 6.61. The zero-order valence-corrected chi connectivity index (χ0v) is 16.3. The first kappa shape index (κ1) is 18.6. The topological polar surface area (TPSA) is 95.7 Å². The fourth-order valence-corrected chi connectivity index (χ4v) is 4.14. The highest BCUT2D eigenvalue weighted by molar-refractivity contribution is 7.09. The first-order valence-corrected chi connectivity index (χ1v) is 10.1. The maximum absolute atomic E-state index is 12.6. The molecule has 0 atom stereocenters. The minimum absolute atomic E-state index is 0.00505. The van der Waals surface area contributed by atoms with Crippen LogP contribution in [0.4, 0.5) is 5.69 Å². The molecule has 1 aromatic carbocycles. The van der Waals surface area contributed by atoms with Crippen molar-refractivity contribution in [3.8, 4) is 0 Å². The van der Waals surface area contributed by atoms with Gasteiger partial charge in [0.25, 0.3) is 0 Å². The summed E-state index contributed by atoms with van der Waals surface area (Å²) in [5.41, 5.74) is 2.23. The van der Waals surface area contributed by atoms with Crippen molar-refractivity contribution < 1.29 is 19.1 Å². The van der Waals surface area contributed by atoms with E-state index in [0.717, 1.165) is 43.2 Å². The maximum atomic E-state index is 12.6. The summed E-state index contributed by atoms with van der Waals surface area (Å²) in [6.07, 6.45) is 1.62. The van der Waals surface area contributed by atoms with Crippen LogP contribution in [0.15, 0.2) is 34.1 Å². The molecule has 2 N–H and O–H groups in total. The third kappa shape index (κ3) is 4.07. The number of amides is 1. The number of likely N-dealkylation sites (tertiary alicyclic amines) is 1. The highest BCUT2D eigenvalue weighted by Crippen LogP contribution is 2.25. The van der Waals surface area contributed by atoms with Crippen molar-refractivity contribution >= 4 is 39.9 Å². The number of carboxylic acids is 1. The minimum atomic E-state index is -1.11. The number of anilines is 1. The number of carboxylic acid groups (broad SMARTS) is 1. The number of fused-ring (bicyclic) bond motifs is 1. The zero-order valence-electron chi connectivity index (χ0n) is 15.5. The molecule has 28 heavy (non-hydrogen) atoms. The molecule has 146 valence electrons. The Bertz CT molecular complexity index is 1020. The summed E-state index contributed by atoms with van der Waals surface area (Å²) in [5, 5.41) is 15.8. The number of hydrogen-bond acceptors (Lipinski definition) is 6. The van der Waals surface area contributed by atoms with Crippen LogP contribution in [0, 0.1) is 12.8 Å². The van der Waals surface area contributed by atoms with E-state index in [1.807, 2.05) is 6.92 Å². The van der Waals surface area contributed by atoms with E-state index >= 15 is 0 Å². The SMILES string of the molecule is Cc1nc(CN2CCC(C(=O)Nc3ccc4oc(C(=O)O)cc4c3)CC2)cs1. The number of aromatic nitrogens is 1. The number of furan rings is 1. The standard InChI is InChI=1S/C20H21N3O4S/c1-12-21-16(11-28-12)10-23-6-4-13(5-7-23)19(24)22-15-2-3-17-14(8-15)9-18(27-17)20(25)26/h2-3,8-9,11,13H,4-7,10H2,1H3,(H,22,24)(H,25,26).